The maximum atomic E-state index is 9.56. The van der Waals surface area contributed by atoms with Gasteiger partial charge in [-0.25, -0.2) is 0 Å². The Labute approximate surface area is 101 Å². The highest BCUT2D eigenvalue weighted by molar-refractivity contribution is 5.83. The van der Waals surface area contributed by atoms with Crippen molar-refractivity contribution in [3.63, 3.8) is 0 Å². The highest BCUT2D eigenvalue weighted by atomic mass is 16.3. The van der Waals surface area contributed by atoms with Crippen LogP contribution in [0.3, 0.4) is 0 Å². The third kappa shape index (κ3) is 2.29. The molecule has 1 aromatic heterocycles. The van der Waals surface area contributed by atoms with Crippen molar-refractivity contribution in [3.05, 3.63) is 30.0 Å². The van der Waals surface area contributed by atoms with E-state index >= 15 is 0 Å². The summed E-state index contributed by atoms with van der Waals surface area (Å²) in [6, 6.07) is 7.78. The van der Waals surface area contributed by atoms with Gasteiger partial charge in [0, 0.05) is 29.6 Å². The van der Waals surface area contributed by atoms with Gasteiger partial charge in [-0.2, -0.15) is 0 Å². The summed E-state index contributed by atoms with van der Waals surface area (Å²) >= 11 is 0. The largest absolute Gasteiger partial charge is 0.508 e. The summed E-state index contributed by atoms with van der Waals surface area (Å²) in [5.74, 6) is 0.279. The van der Waals surface area contributed by atoms with E-state index in [2.05, 4.69) is 24.5 Å². The molecule has 0 aliphatic rings. The molecule has 2 aromatic rings. The standard InChI is InChI=1S/C14H19NO2/c1-9(2)15-12(6-10(3)16)7-11-4-5-13(17)8-14(11)15/h4-5,7-10,16-17H,6H2,1-3H3. The van der Waals surface area contributed by atoms with E-state index in [1.54, 1.807) is 19.1 Å². The molecule has 1 aromatic carbocycles. The molecule has 2 rings (SSSR count). The smallest absolute Gasteiger partial charge is 0.117 e. The number of benzene rings is 1. The summed E-state index contributed by atoms with van der Waals surface area (Å²) in [5.41, 5.74) is 2.13. The maximum Gasteiger partial charge on any atom is 0.117 e. The zero-order chi connectivity index (χ0) is 12.6. The van der Waals surface area contributed by atoms with Crippen molar-refractivity contribution in [1.82, 2.24) is 4.57 Å². The van der Waals surface area contributed by atoms with Crippen LogP contribution in [0, 0.1) is 0 Å². The number of aliphatic hydroxyl groups is 1. The fourth-order valence-corrected chi connectivity index (χ4v) is 2.34. The Bertz CT molecular complexity index is 526. The van der Waals surface area contributed by atoms with E-state index < -0.39 is 0 Å². The first-order valence-corrected chi connectivity index (χ1v) is 6.00. The number of phenolic OH excluding ortho intramolecular Hbond substituents is 1. The molecule has 92 valence electrons. The first-order chi connectivity index (χ1) is 7.99. The summed E-state index contributed by atoms with van der Waals surface area (Å²) in [6.07, 6.45) is 0.276. The van der Waals surface area contributed by atoms with Gasteiger partial charge in [-0.1, -0.05) is 0 Å². The Morgan fingerprint density at radius 3 is 2.47 bits per heavy atom. The Morgan fingerprint density at radius 1 is 1.18 bits per heavy atom. The highest BCUT2D eigenvalue weighted by Gasteiger charge is 2.13. The quantitative estimate of drug-likeness (QED) is 0.856. The lowest BCUT2D eigenvalue weighted by atomic mass is 10.2. The zero-order valence-corrected chi connectivity index (χ0v) is 10.5. The molecule has 0 saturated carbocycles. The topological polar surface area (TPSA) is 45.4 Å². The number of aromatic hydroxyl groups is 1. The summed E-state index contributed by atoms with van der Waals surface area (Å²) in [7, 11) is 0. The van der Waals surface area contributed by atoms with Gasteiger partial charge in [0.05, 0.1) is 11.6 Å². The van der Waals surface area contributed by atoms with Crippen LogP contribution in [0.25, 0.3) is 10.9 Å². The lowest BCUT2D eigenvalue weighted by molar-refractivity contribution is 0.192. The molecule has 17 heavy (non-hydrogen) atoms. The molecule has 0 aliphatic carbocycles. The van der Waals surface area contributed by atoms with Crippen LogP contribution in [0.4, 0.5) is 0 Å². The predicted octanol–water partition coefficient (Wildman–Crippen LogP) is 2.85. The van der Waals surface area contributed by atoms with E-state index in [9.17, 15) is 10.2 Å². The van der Waals surface area contributed by atoms with Gasteiger partial charge in [0.2, 0.25) is 0 Å². The van der Waals surface area contributed by atoms with Crippen LogP contribution >= 0.6 is 0 Å². The van der Waals surface area contributed by atoms with Gasteiger partial charge in [-0.05, 0) is 39.0 Å². The van der Waals surface area contributed by atoms with Crippen molar-refractivity contribution in [2.75, 3.05) is 0 Å². The lowest BCUT2D eigenvalue weighted by Crippen LogP contribution is -2.11. The zero-order valence-electron chi connectivity index (χ0n) is 10.5. The Balaban J connectivity index is 2.63. The molecule has 0 aliphatic heterocycles. The monoisotopic (exact) mass is 233 g/mol. The van der Waals surface area contributed by atoms with E-state index in [1.807, 2.05) is 6.07 Å². The van der Waals surface area contributed by atoms with Crippen LogP contribution in [0.2, 0.25) is 0 Å². The van der Waals surface area contributed by atoms with Gasteiger partial charge in [-0.15, -0.1) is 0 Å². The van der Waals surface area contributed by atoms with Crippen molar-refractivity contribution in [1.29, 1.82) is 0 Å². The molecule has 0 amide bonds. The molecule has 0 fully saturated rings. The molecule has 1 unspecified atom stereocenters. The Hall–Kier alpha value is -1.48. The number of nitrogens with zero attached hydrogens (tertiary/aromatic N) is 1. The number of rotatable bonds is 3. The molecular formula is C14H19NO2. The molecule has 3 nitrogen and oxygen atoms in total. The molecule has 3 heteroatoms. The average molecular weight is 233 g/mol. The van der Waals surface area contributed by atoms with Gasteiger partial charge in [0.1, 0.15) is 5.75 Å². The third-order valence-corrected chi connectivity index (χ3v) is 2.93. The van der Waals surface area contributed by atoms with E-state index in [0.717, 1.165) is 16.6 Å². The van der Waals surface area contributed by atoms with E-state index in [0.29, 0.717) is 12.5 Å². The van der Waals surface area contributed by atoms with Crippen LogP contribution in [0.1, 0.15) is 32.5 Å². The van der Waals surface area contributed by atoms with Gasteiger partial charge in [-0.3, -0.25) is 0 Å². The Morgan fingerprint density at radius 2 is 1.88 bits per heavy atom. The van der Waals surface area contributed by atoms with E-state index in [-0.39, 0.29) is 11.9 Å². The minimum Gasteiger partial charge on any atom is -0.508 e. The van der Waals surface area contributed by atoms with Gasteiger partial charge >= 0.3 is 0 Å². The summed E-state index contributed by atoms with van der Waals surface area (Å²) < 4.78 is 2.17. The lowest BCUT2D eigenvalue weighted by Gasteiger charge is -2.15. The normalized spacial score (nSPS) is 13.5. The number of hydrogen-bond acceptors (Lipinski definition) is 2. The number of aromatic nitrogens is 1. The van der Waals surface area contributed by atoms with Crippen molar-refractivity contribution in [2.24, 2.45) is 0 Å². The molecule has 2 N–H and O–H groups in total. The van der Waals surface area contributed by atoms with Crippen LogP contribution in [0.15, 0.2) is 24.3 Å². The molecule has 1 atom stereocenters. The summed E-state index contributed by atoms with van der Waals surface area (Å²) in [6.45, 7) is 6.00. The molecule has 0 radical (unpaired) electrons. The second kappa shape index (κ2) is 4.41. The van der Waals surface area contributed by atoms with Crippen molar-refractivity contribution in [3.8, 4) is 5.75 Å². The van der Waals surface area contributed by atoms with Crippen LogP contribution in [-0.2, 0) is 6.42 Å². The fourth-order valence-electron chi connectivity index (χ4n) is 2.34. The second-order valence-electron chi connectivity index (χ2n) is 4.90. The first kappa shape index (κ1) is 12.0. The van der Waals surface area contributed by atoms with Crippen LogP contribution in [0.5, 0.6) is 5.75 Å². The van der Waals surface area contributed by atoms with Crippen molar-refractivity contribution in [2.45, 2.75) is 39.3 Å². The second-order valence-corrected chi connectivity index (χ2v) is 4.90. The van der Waals surface area contributed by atoms with Crippen LogP contribution < -0.4 is 0 Å². The first-order valence-electron chi connectivity index (χ1n) is 6.00. The van der Waals surface area contributed by atoms with Gasteiger partial charge in [0.15, 0.2) is 0 Å². The predicted molar refractivity (Wildman–Crippen MR) is 69.4 cm³/mol. The molecule has 0 saturated heterocycles. The third-order valence-electron chi connectivity index (χ3n) is 2.93. The number of phenols is 1. The highest BCUT2D eigenvalue weighted by Crippen LogP contribution is 2.27. The summed E-state index contributed by atoms with van der Waals surface area (Å²) in [5, 5.41) is 20.2. The minimum absolute atomic E-state index is 0.279. The minimum atomic E-state index is -0.356. The summed E-state index contributed by atoms with van der Waals surface area (Å²) in [4.78, 5) is 0. The Kier molecular flexibility index (Phi) is 3.11. The maximum absolute atomic E-state index is 9.56. The molecule has 0 bridgehead atoms. The molecule has 0 spiro atoms. The number of fused-ring (bicyclic) bond motifs is 1. The van der Waals surface area contributed by atoms with Crippen molar-refractivity contribution < 1.29 is 10.2 Å². The van der Waals surface area contributed by atoms with Gasteiger partial charge < -0.3 is 14.8 Å². The number of hydrogen-bond donors (Lipinski definition) is 2. The molecular weight excluding hydrogens is 214 g/mol. The van der Waals surface area contributed by atoms with E-state index in [1.165, 1.54) is 0 Å². The van der Waals surface area contributed by atoms with E-state index in [4.69, 9.17) is 0 Å². The SMILES string of the molecule is CC(O)Cc1cc2ccc(O)cc2n1C(C)C. The fraction of sp³-hybridized carbons (Fsp3) is 0.429. The van der Waals surface area contributed by atoms with Crippen molar-refractivity contribution >= 4 is 10.9 Å². The molecule has 1 heterocycles. The number of aliphatic hydroxyl groups excluding tert-OH is 1. The average Bonchev–Trinajstić information content (AvgIpc) is 2.53. The van der Waals surface area contributed by atoms with Gasteiger partial charge in [0.25, 0.3) is 0 Å². The van der Waals surface area contributed by atoms with Crippen LogP contribution in [-0.4, -0.2) is 20.9 Å².